The molecule has 0 atom stereocenters. The van der Waals surface area contributed by atoms with Gasteiger partial charge in [-0.3, -0.25) is 4.79 Å². The summed E-state index contributed by atoms with van der Waals surface area (Å²) in [6.45, 7) is 4.04. The molecule has 0 aliphatic rings. The van der Waals surface area contributed by atoms with Crippen LogP contribution in [0.5, 0.6) is 0 Å². The van der Waals surface area contributed by atoms with Crippen molar-refractivity contribution in [2.45, 2.75) is 0 Å². The third-order valence-corrected chi connectivity index (χ3v) is 3.40. The lowest BCUT2D eigenvalue weighted by molar-refractivity contribution is 0.0953. The number of aromatic amines is 1. The molecule has 0 bridgehead atoms. The summed E-state index contributed by atoms with van der Waals surface area (Å²) < 4.78 is 0.953. The van der Waals surface area contributed by atoms with Crippen LogP contribution in [0.3, 0.4) is 0 Å². The van der Waals surface area contributed by atoms with Crippen molar-refractivity contribution in [1.29, 1.82) is 0 Å². The molecule has 1 aromatic heterocycles. The highest BCUT2D eigenvalue weighted by Crippen LogP contribution is 2.23. The standard InChI is InChI=1S/C12H11IN2O/c1-2-7-14-12(16)11-10(13)8-5-3-4-6-9(8)15-11/h2-6,15H,1,7H2,(H,14,16). The van der Waals surface area contributed by atoms with Crippen LogP contribution in [0.25, 0.3) is 10.9 Å². The van der Waals surface area contributed by atoms with Gasteiger partial charge in [-0.05, 0) is 28.7 Å². The van der Waals surface area contributed by atoms with Gasteiger partial charge in [0, 0.05) is 17.4 Å². The summed E-state index contributed by atoms with van der Waals surface area (Å²) in [4.78, 5) is 14.9. The van der Waals surface area contributed by atoms with E-state index in [4.69, 9.17) is 0 Å². The minimum Gasteiger partial charge on any atom is -0.350 e. The topological polar surface area (TPSA) is 44.9 Å². The highest BCUT2D eigenvalue weighted by Gasteiger charge is 2.14. The maximum Gasteiger partial charge on any atom is 0.269 e. The number of benzene rings is 1. The molecule has 0 radical (unpaired) electrons. The van der Waals surface area contributed by atoms with Gasteiger partial charge < -0.3 is 10.3 Å². The van der Waals surface area contributed by atoms with Crippen LogP contribution >= 0.6 is 22.6 Å². The lowest BCUT2D eigenvalue weighted by atomic mass is 10.2. The Hall–Kier alpha value is -1.30. The van der Waals surface area contributed by atoms with Crippen molar-refractivity contribution in [2.75, 3.05) is 6.54 Å². The first-order valence-corrected chi connectivity index (χ1v) is 5.97. The number of hydrogen-bond acceptors (Lipinski definition) is 1. The van der Waals surface area contributed by atoms with Gasteiger partial charge in [0.1, 0.15) is 5.69 Å². The molecule has 2 rings (SSSR count). The van der Waals surface area contributed by atoms with E-state index in [9.17, 15) is 4.79 Å². The molecule has 0 saturated carbocycles. The van der Waals surface area contributed by atoms with Gasteiger partial charge in [-0.1, -0.05) is 24.3 Å². The van der Waals surface area contributed by atoms with Crippen LogP contribution in [0.2, 0.25) is 0 Å². The molecule has 2 aromatic rings. The molecule has 0 unspecified atom stereocenters. The van der Waals surface area contributed by atoms with Crippen LogP contribution in [-0.2, 0) is 0 Å². The van der Waals surface area contributed by atoms with Gasteiger partial charge in [0.2, 0.25) is 0 Å². The zero-order valence-corrected chi connectivity index (χ0v) is 10.7. The summed E-state index contributed by atoms with van der Waals surface area (Å²) >= 11 is 2.18. The Morgan fingerprint density at radius 1 is 1.50 bits per heavy atom. The molecule has 82 valence electrons. The Morgan fingerprint density at radius 2 is 2.25 bits per heavy atom. The Balaban J connectivity index is 2.41. The maximum absolute atomic E-state index is 11.8. The maximum atomic E-state index is 11.8. The Bertz CT molecular complexity index is 545. The van der Waals surface area contributed by atoms with E-state index >= 15 is 0 Å². The van der Waals surface area contributed by atoms with Crippen LogP contribution in [0, 0.1) is 3.57 Å². The van der Waals surface area contributed by atoms with Crippen LogP contribution in [-0.4, -0.2) is 17.4 Å². The Labute approximate surface area is 107 Å². The second-order valence-electron chi connectivity index (χ2n) is 3.36. The number of carbonyl (C=O) groups excluding carboxylic acids is 1. The third kappa shape index (κ3) is 1.97. The Kier molecular flexibility index (Phi) is 3.28. The molecule has 3 nitrogen and oxygen atoms in total. The zero-order valence-electron chi connectivity index (χ0n) is 8.59. The number of fused-ring (bicyclic) bond motifs is 1. The molecule has 4 heteroatoms. The average Bonchev–Trinajstić information content (AvgIpc) is 2.64. The van der Waals surface area contributed by atoms with Gasteiger partial charge in [0.25, 0.3) is 5.91 Å². The predicted molar refractivity (Wildman–Crippen MR) is 73.5 cm³/mol. The molecule has 0 saturated heterocycles. The summed E-state index contributed by atoms with van der Waals surface area (Å²) in [6, 6.07) is 7.86. The number of aromatic nitrogens is 1. The molecule has 1 aromatic carbocycles. The number of hydrogen-bond donors (Lipinski definition) is 2. The van der Waals surface area contributed by atoms with Gasteiger partial charge in [-0.2, -0.15) is 0 Å². The minimum atomic E-state index is -0.0968. The predicted octanol–water partition coefficient (Wildman–Crippen LogP) is 2.69. The summed E-state index contributed by atoms with van der Waals surface area (Å²) in [6.07, 6.45) is 1.66. The molecular formula is C12H11IN2O. The number of rotatable bonds is 3. The number of H-pyrrole nitrogens is 1. The van der Waals surface area contributed by atoms with E-state index in [0.29, 0.717) is 12.2 Å². The SMILES string of the molecule is C=CCNC(=O)c1[nH]c2ccccc2c1I. The minimum absolute atomic E-state index is 0.0968. The Morgan fingerprint density at radius 3 is 2.94 bits per heavy atom. The molecule has 0 aliphatic heterocycles. The van der Waals surface area contributed by atoms with Crippen molar-refractivity contribution in [3.8, 4) is 0 Å². The normalized spacial score (nSPS) is 10.3. The molecule has 2 N–H and O–H groups in total. The monoisotopic (exact) mass is 326 g/mol. The number of halogens is 1. The quantitative estimate of drug-likeness (QED) is 0.661. The van der Waals surface area contributed by atoms with Crippen molar-refractivity contribution < 1.29 is 4.79 Å². The average molecular weight is 326 g/mol. The van der Waals surface area contributed by atoms with Crippen LogP contribution in [0.15, 0.2) is 36.9 Å². The second kappa shape index (κ2) is 4.69. The largest absolute Gasteiger partial charge is 0.350 e. The van der Waals surface area contributed by atoms with Gasteiger partial charge in [0.15, 0.2) is 0 Å². The number of amides is 1. The lowest BCUT2D eigenvalue weighted by Crippen LogP contribution is -2.24. The molecule has 0 spiro atoms. The molecular weight excluding hydrogens is 315 g/mol. The fraction of sp³-hybridized carbons (Fsp3) is 0.0833. The van der Waals surface area contributed by atoms with Crippen LogP contribution in [0.4, 0.5) is 0 Å². The summed E-state index contributed by atoms with van der Waals surface area (Å²) in [5, 5.41) is 3.83. The van der Waals surface area contributed by atoms with E-state index in [2.05, 4.69) is 39.5 Å². The number of para-hydroxylation sites is 1. The zero-order chi connectivity index (χ0) is 11.5. The van der Waals surface area contributed by atoms with Gasteiger partial charge in [0.05, 0.1) is 3.57 Å². The van der Waals surface area contributed by atoms with Crippen molar-refractivity contribution >= 4 is 39.4 Å². The van der Waals surface area contributed by atoms with E-state index in [0.717, 1.165) is 14.5 Å². The van der Waals surface area contributed by atoms with E-state index in [1.54, 1.807) is 6.08 Å². The molecule has 0 aliphatic carbocycles. The molecule has 0 fully saturated rings. The molecule has 16 heavy (non-hydrogen) atoms. The van der Waals surface area contributed by atoms with Gasteiger partial charge in [-0.15, -0.1) is 6.58 Å². The number of carbonyl (C=O) groups is 1. The summed E-state index contributed by atoms with van der Waals surface area (Å²) in [5.74, 6) is -0.0968. The lowest BCUT2D eigenvalue weighted by Gasteiger charge is -1.99. The molecule has 1 amide bonds. The highest BCUT2D eigenvalue weighted by atomic mass is 127. The van der Waals surface area contributed by atoms with Crippen LogP contribution < -0.4 is 5.32 Å². The summed E-state index contributed by atoms with van der Waals surface area (Å²) in [5.41, 5.74) is 1.60. The van der Waals surface area contributed by atoms with E-state index in [-0.39, 0.29) is 5.91 Å². The van der Waals surface area contributed by atoms with E-state index in [1.165, 1.54) is 0 Å². The van der Waals surface area contributed by atoms with Crippen molar-refractivity contribution in [2.24, 2.45) is 0 Å². The van der Waals surface area contributed by atoms with Gasteiger partial charge >= 0.3 is 0 Å². The van der Waals surface area contributed by atoms with E-state index in [1.807, 2.05) is 24.3 Å². The van der Waals surface area contributed by atoms with Crippen molar-refractivity contribution in [3.63, 3.8) is 0 Å². The van der Waals surface area contributed by atoms with E-state index < -0.39 is 0 Å². The first-order chi connectivity index (χ1) is 7.74. The first-order valence-electron chi connectivity index (χ1n) is 4.89. The van der Waals surface area contributed by atoms with Gasteiger partial charge in [-0.25, -0.2) is 0 Å². The van der Waals surface area contributed by atoms with Crippen molar-refractivity contribution in [1.82, 2.24) is 10.3 Å². The van der Waals surface area contributed by atoms with Crippen LogP contribution in [0.1, 0.15) is 10.5 Å². The van der Waals surface area contributed by atoms with Crippen molar-refractivity contribution in [3.05, 3.63) is 46.2 Å². The highest BCUT2D eigenvalue weighted by molar-refractivity contribution is 14.1. The third-order valence-electron chi connectivity index (χ3n) is 2.28. The number of nitrogens with one attached hydrogen (secondary N) is 2. The molecule has 1 heterocycles. The summed E-state index contributed by atoms with van der Waals surface area (Å²) in [7, 11) is 0. The first kappa shape index (κ1) is 11.2. The smallest absolute Gasteiger partial charge is 0.269 e. The fourth-order valence-corrected chi connectivity index (χ4v) is 2.37. The fourth-order valence-electron chi connectivity index (χ4n) is 1.52. The second-order valence-corrected chi connectivity index (χ2v) is 4.44.